The number of hydrogen-bond donors (Lipinski definition) is 1. The molecular formula is C5H4FNO2. The predicted molar refractivity (Wildman–Crippen MR) is 28.8 cm³/mol. The van der Waals surface area contributed by atoms with Gasteiger partial charge in [0.15, 0.2) is 0 Å². The van der Waals surface area contributed by atoms with Gasteiger partial charge in [-0.15, -0.1) is 0 Å². The molecule has 1 N–H and O–H groups in total. The average Bonchev–Trinajstić information content (AvgIpc) is 1.89. The summed E-state index contributed by atoms with van der Waals surface area (Å²) < 4.78 is 11.3. The molecule has 0 bridgehead atoms. The van der Waals surface area contributed by atoms with Crippen molar-refractivity contribution in [1.29, 1.82) is 0 Å². The Morgan fingerprint density at radius 1 is 1.67 bits per heavy atom. The van der Waals surface area contributed by atoms with E-state index in [9.17, 15) is 9.32 Å². The molecule has 0 aliphatic carbocycles. The van der Waals surface area contributed by atoms with E-state index < -0.39 is 5.56 Å². The third kappa shape index (κ3) is 1.07. The smallest absolute Gasteiger partial charge is 0.294 e. The van der Waals surface area contributed by atoms with E-state index in [1.807, 2.05) is 0 Å². The Bertz CT molecular complexity index is 245. The molecule has 1 aromatic rings. The zero-order valence-electron chi connectivity index (χ0n) is 4.43. The predicted octanol–water partition coefficient (Wildman–Crippen LogP) is 0.638. The lowest BCUT2D eigenvalue weighted by atomic mass is 10.5. The normalized spacial score (nSPS) is 9.00. The highest BCUT2D eigenvalue weighted by Crippen LogP contribution is 1.98. The first kappa shape index (κ1) is 5.81. The maximum absolute atomic E-state index is 11.3. The van der Waals surface area contributed by atoms with Crippen LogP contribution in [0, 0.1) is 0 Å². The second-order valence-electron chi connectivity index (χ2n) is 1.44. The molecule has 0 aliphatic heterocycles. The van der Waals surface area contributed by atoms with Crippen LogP contribution in [0.4, 0.5) is 4.53 Å². The van der Waals surface area contributed by atoms with Crippen molar-refractivity contribution < 1.29 is 9.47 Å². The van der Waals surface area contributed by atoms with Gasteiger partial charge in [-0.2, -0.15) is 0 Å². The van der Waals surface area contributed by atoms with Crippen LogP contribution in [-0.2, 0) is 0 Å². The van der Waals surface area contributed by atoms with Gasteiger partial charge in [0.1, 0.15) is 0 Å². The zero-order chi connectivity index (χ0) is 6.69. The summed E-state index contributed by atoms with van der Waals surface area (Å²) in [5, 5.41) is 0. The number of aromatic nitrogens is 1. The molecule has 1 aromatic heterocycles. The number of pyridine rings is 1. The molecule has 3 nitrogen and oxygen atoms in total. The number of nitrogens with one attached hydrogen (secondary N) is 1. The average molecular weight is 129 g/mol. The van der Waals surface area contributed by atoms with Gasteiger partial charge < -0.3 is 4.98 Å². The van der Waals surface area contributed by atoms with Crippen molar-refractivity contribution >= 4 is 0 Å². The summed E-state index contributed by atoms with van der Waals surface area (Å²) in [7, 11) is 0. The Labute approximate surface area is 50.0 Å². The van der Waals surface area contributed by atoms with E-state index in [2.05, 4.69) is 9.93 Å². The molecule has 0 saturated carbocycles. The summed E-state index contributed by atoms with van der Waals surface area (Å²) in [6.07, 6.45) is 1.39. The minimum absolute atomic E-state index is 0.322. The SMILES string of the molecule is O=c1[nH]cccc1OF. The summed E-state index contributed by atoms with van der Waals surface area (Å²) in [5.41, 5.74) is -0.569. The van der Waals surface area contributed by atoms with Crippen LogP contribution in [0.15, 0.2) is 23.1 Å². The first-order chi connectivity index (χ1) is 4.34. The van der Waals surface area contributed by atoms with Gasteiger partial charge in [-0.25, -0.2) is 0 Å². The Kier molecular flexibility index (Phi) is 1.48. The zero-order valence-corrected chi connectivity index (χ0v) is 4.43. The van der Waals surface area contributed by atoms with Gasteiger partial charge in [0.05, 0.1) is 0 Å². The van der Waals surface area contributed by atoms with Gasteiger partial charge in [-0.05, 0) is 12.1 Å². The molecule has 1 rings (SSSR count). The molecule has 9 heavy (non-hydrogen) atoms. The van der Waals surface area contributed by atoms with Gasteiger partial charge in [0.25, 0.3) is 5.56 Å². The van der Waals surface area contributed by atoms with E-state index in [-0.39, 0.29) is 5.75 Å². The highest BCUT2D eigenvalue weighted by Gasteiger charge is 1.95. The van der Waals surface area contributed by atoms with Crippen molar-refractivity contribution in [1.82, 2.24) is 4.98 Å². The largest absolute Gasteiger partial charge is 0.326 e. The fraction of sp³-hybridized carbons (Fsp3) is 0. The van der Waals surface area contributed by atoms with Gasteiger partial charge >= 0.3 is 0 Å². The summed E-state index contributed by atoms with van der Waals surface area (Å²) in [5.74, 6) is -0.322. The highest BCUT2D eigenvalue weighted by molar-refractivity contribution is 5.14. The van der Waals surface area contributed by atoms with E-state index in [0.717, 1.165) is 0 Å². The lowest BCUT2D eigenvalue weighted by Crippen LogP contribution is -2.05. The molecule has 0 spiro atoms. The third-order valence-electron chi connectivity index (χ3n) is 0.865. The van der Waals surface area contributed by atoms with E-state index in [1.165, 1.54) is 18.3 Å². The number of rotatable bonds is 1. The molecule has 0 saturated heterocycles. The molecule has 1 heterocycles. The Hall–Kier alpha value is -1.32. The van der Waals surface area contributed by atoms with Gasteiger partial charge in [0, 0.05) is 10.7 Å². The number of H-pyrrole nitrogens is 1. The van der Waals surface area contributed by atoms with Crippen molar-refractivity contribution in [3.8, 4) is 5.75 Å². The van der Waals surface area contributed by atoms with Gasteiger partial charge in [-0.3, -0.25) is 9.74 Å². The minimum atomic E-state index is -0.569. The van der Waals surface area contributed by atoms with Crippen LogP contribution in [0.25, 0.3) is 0 Å². The highest BCUT2D eigenvalue weighted by atomic mass is 19.3. The van der Waals surface area contributed by atoms with Crippen molar-refractivity contribution in [3.63, 3.8) is 0 Å². The second kappa shape index (κ2) is 2.30. The van der Waals surface area contributed by atoms with Crippen molar-refractivity contribution in [2.45, 2.75) is 0 Å². The summed E-state index contributed by atoms with van der Waals surface area (Å²) in [6, 6.07) is 2.70. The van der Waals surface area contributed by atoms with Crippen molar-refractivity contribution in [3.05, 3.63) is 28.7 Å². The van der Waals surface area contributed by atoms with Crippen LogP contribution < -0.4 is 10.5 Å². The van der Waals surface area contributed by atoms with Crippen LogP contribution in [0.5, 0.6) is 5.75 Å². The Balaban J connectivity index is 3.16. The molecule has 0 radical (unpaired) electrons. The third-order valence-corrected chi connectivity index (χ3v) is 0.865. The van der Waals surface area contributed by atoms with Crippen LogP contribution in [0.3, 0.4) is 0 Å². The van der Waals surface area contributed by atoms with E-state index in [4.69, 9.17) is 0 Å². The molecular weight excluding hydrogens is 125 g/mol. The number of aromatic amines is 1. The maximum atomic E-state index is 11.3. The molecule has 0 aliphatic rings. The molecule has 0 fully saturated rings. The summed E-state index contributed by atoms with van der Waals surface area (Å²) in [4.78, 5) is 15.9. The fourth-order valence-electron chi connectivity index (χ4n) is 0.467. The van der Waals surface area contributed by atoms with Crippen LogP contribution >= 0.6 is 0 Å². The lowest BCUT2D eigenvalue weighted by Gasteiger charge is -1.87. The monoisotopic (exact) mass is 129 g/mol. The quantitative estimate of drug-likeness (QED) is 0.604. The Morgan fingerprint density at radius 2 is 2.44 bits per heavy atom. The van der Waals surface area contributed by atoms with Crippen LogP contribution in [0.2, 0.25) is 0 Å². The molecule has 0 aromatic carbocycles. The molecule has 0 amide bonds. The standard InChI is InChI=1S/C5H4FNO2/c6-9-4-2-1-3-7-5(4)8/h1-3H,(H,7,8). The van der Waals surface area contributed by atoms with Gasteiger partial charge in [0.2, 0.25) is 5.75 Å². The summed E-state index contributed by atoms with van der Waals surface area (Å²) >= 11 is 0. The van der Waals surface area contributed by atoms with Crippen LogP contribution in [-0.4, -0.2) is 4.98 Å². The van der Waals surface area contributed by atoms with Crippen molar-refractivity contribution in [2.24, 2.45) is 0 Å². The van der Waals surface area contributed by atoms with Gasteiger partial charge in [-0.1, -0.05) is 0 Å². The molecule has 0 atom stereocenters. The lowest BCUT2D eigenvalue weighted by molar-refractivity contribution is -0.00804. The summed E-state index contributed by atoms with van der Waals surface area (Å²) in [6.45, 7) is 0. The number of halogens is 1. The topological polar surface area (TPSA) is 42.1 Å². The number of hydrogen-bond acceptors (Lipinski definition) is 2. The molecule has 48 valence electrons. The first-order valence-electron chi connectivity index (χ1n) is 2.31. The van der Waals surface area contributed by atoms with E-state index in [1.54, 1.807) is 0 Å². The van der Waals surface area contributed by atoms with E-state index >= 15 is 0 Å². The fourth-order valence-corrected chi connectivity index (χ4v) is 0.467. The first-order valence-corrected chi connectivity index (χ1v) is 2.31. The second-order valence-corrected chi connectivity index (χ2v) is 1.44. The maximum Gasteiger partial charge on any atom is 0.294 e. The molecule has 0 unspecified atom stereocenters. The minimum Gasteiger partial charge on any atom is -0.326 e. The Morgan fingerprint density at radius 3 is 2.89 bits per heavy atom. The molecule has 4 heteroatoms. The van der Waals surface area contributed by atoms with Crippen molar-refractivity contribution in [2.75, 3.05) is 0 Å². The van der Waals surface area contributed by atoms with E-state index in [0.29, 0.717) is 0 Å². The van der Waals surface area contributed by atoms with Crippen LogP contribution in [0.1, 0.15) is 0 Å².